The van der Waals surface area contributed by atoms with Gasteiger partial charge in [-0.3, -0.25) is 4.79 Å². The maximum absolute atomic E-state index is 10.6. The zero-order valence-corrected chi connectivity index (χ0v) is 10.7. The van der Waals surface area contributed by atoms with Gasteiger partial charge in [0.2, 0.25) is 0 Å². The zero-order valence-electron chi connectivity index (χ0n) is 9.93. The quantitative estimate of drug-likeness (QED) is 0.924. The third kappa shape index (κ3) is 2.54. The van der Waals surface area contributed by atoms with Gasteiger partial charge in [-0.25, -0.2) is 4.68 Å². The number of carbonyl (C=O) groups is 1. The van der Waals surface area contributed by atoms with E-state index in [4.69, 9.17) is 16.7 Å². The standard InChI is InChI=1S/C13H13ClN2O2/c1-9-11(7-8-12(17)18)13(14)16(15-9)10-5-3-2-4-6-10/h2-6H,7-8H2,1H3,(H,17,18). The Kier molecular flexibility index (Phi) is 3.67. The summed E-state index contributed by atoms with van der Waals surface area (Å²) in [6.45, 7) is 1.84. The van der Waals surface area contributed by atoms with E-state index in [2.05, 4.69) is 5.10 Å². The normalized spacial score (nSPS) is 10.6. The lowest BCUT2D eigenvalue weighted by atomic mass is 10.1. The SMILES string of the molecule is Cc1nn(-c2ccccc2)c(Cl)c1CCC(=O)O. The molecule has 2 aromatic rings. The lowest BCUT2D eigenvalue weighted by Gasteiger charge is -2.02. The van der Waals surface area contributed by atoms with Gasteiger partial charge >= 0.3 is 5.97 Å². The Morgan fingerprint density at radius 3 is 2.67 bits per heavy atom. The van der Waals surface area contributed by atoms with Crippen LogP contribution in [0, 0.1) is 6.92 Å². The third-order valence-electron chi connectivity index (χ3n) is 2.71. The van der Waals surface area contributed by atoms with E-state index in [9.17, 15) is 4.79 Å². The van der Waals surface area contributed by atoms with Gasteiger partial charge in [-0.1, -0.05) is 29.8 Å². The Hall–Kier alpha value is -1.81. The zero-order chi connectivity index (χ0) is 13.1. The van der Waals surface area contributed by atoms with Crippen molar-refractivity contribution in [2.24, 2.45) is 0 Å². The Labute approximate surface area is 110 Å². The molecule has 18 heavy (non-hydrogen) atoms. The first-order valence-corrected chi connectivity index (χ1v) is 5.98. The van der Waals surface area contributed by atoms with Crippen LogP contribution in [0.25, 0.3) is 5.69 Å². The minimum absolute atomic E-state index is 0.0566. The van der Waals surface area contributed by atoms with E-state index in [1.807, 2.05) is 37.3 Å². The van der Waals surface area contributed by atoms with E-state index in [1.165, 1.54) is 0 Å². The molecule has 0 bridgehead atoms. The Balaban J connectivity index is 2.35. The molecule has 1 N–H and O–H groups in total. The van der Waals surface area contributed by atoms with Crippen molar-refractivity contribution in [3.63, 3.8) is 0 Å². The predicted molar refractivity (Wildman–Crippen MR) is 69.3 cm³/mol. The van der Waals surface area contributed by atoms with Crippen LogP contribution in [0.3, 0.4) is 0 Å². The minimum Gasteiger partial charge on any atom is -0.481 e. The van der Waals surface area contributed by atoms with Crippen molar-refractivity contribution in [2.45, 2.75) is 19.8 Å². The molecule has 2 rings (SSSR count). The average Bonchev–Trinajstić information content (AvgIpc) is 2.63. The van der Waals surface area contributed by atoms with E-state index < -0.39 is 5.97 Å². The van der Waals surface area contributed by atoms with E-state index in [-0.39, 0.29) is 6.42 Å². The maximum Gasteiger partial charge on any atom is 0.303 e. The molecule has 0 atom stereocenters. The number of hydrogen-bond acceptors (Lipinski definition) is 2. The van der Waals surface area contributed by atoms with Crippen LogP contribution < -0.4 is 0 Å². The molecule has 5 heteroatoms. The number of carboxylic acid groups (broad SMARTS) is 1. The van der Waals surface area contributed by atoms with Crippen LogP contribution in [0.1, 0.15) is 17.7 Å². The van der Waals surface area contributed by atoms with Gasteiger partial charge in [0.1, 0.15) is 5.15 Å². The average molecular weight is 265 g/mol. The van der Waals surface area contributed by atoms with Gasteiger partial charge in [-0.05, 0) is 25.5 Å². The molecule has 94 valence electrons. The van der Waals surface area contributed by atoms with Crippen LogP contribution in [0.15, 0.2) is 30.3 Å². The molecule has 0 unspecified atom stereocenters. The van der Waals surface area contributed by atoms with Gasteiger partial charge < -0.3 is 5.11 Å². The molecule has 0 aliphatic heterocycles. The molecule has 1 heterocycles. The van der Waals surface area contributed by atoms with Crippen molar-refractivity contribution >= 4 is 17.6 Å². The van der Waals surface area contributed by atoms with Crippen molar-refractivity contribution < 1.29 is 9.90 Å². The van der Waals surface area contributed by atoms with Crippen molar-refractivity contribution in [1.29, 1.82) is 0 Å². The second-order valence-corrected chi connectivity index (χ2v) is 4.35. The topological polar surface area (TPSA) is 55.1 Å². The predicted octanol–water partition coefficient (Wildman–Crippen LogP) is 2.85. The molecule has 0 aliphatic rings. The molecule has 1 aromatic heterocycles. The van der Waals surface area contributed by atoms with E-state index >= 15 is 0 Å². The number of nitrogens with zero attached hydrogens (tertiary/aromatic N) is 2. The number of rotatable bonds is 4. The summed E-state index contributed by atoms with van der Waals surface area (Å²) in [6, 6.07) is 9.52. The van der Waals surface area contributed by atoms with Gasteiger partial charge in [-0.15, -0.1) is 0 Å². The van der Waals surface area contributed by atoms with Gasteiger partial charge in [0.05, 0.1) is 11.4 Å². The number of aryl methyl sites for hydroxylation is 1. The largest absolute Gasteiger partial charge is 0.481 e. The summed E-state index contributed by atoms with van der Waals surface area (Å²) in [5, 5.41) is 13.5. The number of benzene rings is 1. The second kappa shape index (κ2) is 5.23. The fourth-order valence-electron chi connectivity index (χ4n) is 1.79. The highest BCUT2D eigenvalue weighted by Gasteiger charge is 2.15. The summed E-state index contributed by atoms with van der Waals surface area (Å²) in [6.07, 6.45) is 0.452. The van der Waals surface area contributed by atoms with Crippen molar-refractivity contribution in [1.82, 2.24) is 9.78 Å². The lowest BCUT2D eigenvalue weighted by molar-refractivity contribution is -0.136. The summed E-state index contributed by atoms with van der Waals surface area (Å²) >= 11 is 6.26. The van der Waals surface area contributed by atoms with Crippen molar-refractivity contribution in [2.75, 3.05) is 0 Å². The Morgan fingerprint density at radius 2 is 2.06 bits per heavy atom. The number of halogens is 1. The highest BCUT2D eigenvalue weighted by atomic mass is 35.5. The molecular weight excluding hydrogens is 252 g/mol. The highest BCUT2D eigenvalue weighted by molar-refractivity contribution is 6.30. The Bertz CT molecular complexity index is 564. The molecule has 0 spiro atoms. The number of para-hydroxylation sites is 1. The van der Waals surface area contributed by atoms with Crippen LogP contribution in [-0.4, -0.2) is 20.9 Å². The maximum atomic E-state index is 10.6. The van der Waals surface area contributed by atoms with Crippen LogP contribution in [0.2, 0.25) is 5.15 Å². The second-order valence-electron chi connectivity index (χ2n) is 4.00. The van der Waals surface area contributed by atoms with E-state index in [0.717, 1.165) is 16.9 Å². The van der Waals surface area contributed by atoms with Crippen molar-refractivity contribution in [3.8, 4) is 5.69 Å². The fraction of sp³-hybridized carbons (Fsp3) is 0.231. The number of carboxylic acids is 1. The molecule has 0 fully saturated rings. The Morgan fingerprint density at radius 1 is 1.39 bits per heavy atom. The number of hydrogen-bond donors (Lipinski definition) is 1. The number of aliphatic carboxylic acids is 1. The van der Waals surface area contributed by atoms with E-state index in [0.29, 0.717) is 11.6 Å². The summed E-state index contributed by atoms with van der Waals surface area (Å²) in [5.41, 5.74) is 2.43. The van der Waals surface area contributed by atoms with Crippen LogP contribution in [0.4, 0.5) is 0 Å². The van der Waals surface area contributed by atoms with Crippen molar-refractivity contribution in [3.05, 3.63) is 46.7 Å². The first-order chi connectivity index (χ1) is 8.59. The molecular formula is C13H13ClN2O2. The lowest BCUT2D eigenvalue weighted by Crippen LogP contribution is -1.99. The summed E-state index contributed by atoms with van der Waals surface area (Å²) < 4.78 is 1.63. The molecule has 1 aromatic carbocycles. The molecule has 0 aliphatic carbocycles. The van der Waals surface area contributed by atoms with Gasteiger partial charge in [0, 0.05) is 12.0 Å². The smallest absolute Gasteiger partial charge is 0.303 e. The molecule has 0 saturated carbocycles. The first kappa shape index (κ1) is 12.6. The molecule has 0 saturated heterocycles. The van der Waals surface area contributed by atoms with Gasteiger partial charge in [0.25, 0.3) is 0 Å². The van der Waals surface area contributed by atoms with Crippen LogP contribution >= 0.6 is 11.6 Å². The summed E-state index contributed by atoms with van der Waals surface area (Å²) in [4.78, 5) is 10.6. The highest BCUT2D eigenvalue weighted by Crippen LogP contribution is 2.24. The monoisotopic (exact) mass is 264 g/mol. The summed E-state index contributed by atoms with van der Waals surface area (Å²) in [7, 11) is 0. The first-order valence-electron chi connectivity index (χ1n) is 5.61. The third-order valence-corrected chi connectivity index (χ3v) is 3.10. The van der Waals surface area contributed by atoms with Gasteiger partial charge in [0.15, 0.2) is 0 Å². The van der Waals surface area contributed by atoms with Crippen LogP contribution in [-0.2, 0) is 11.2 Å². The summed E-state index contributed by atoms with van der Waals surface area (Å²) in [5.74, 6) is -0.835. The fourth-order valence-corrected chi connectivity index (χ4v) is 2.15. The van der Waals surface area contributed by atoms with Gasteiger partial charge in [-0.2, -0.15) is 5.10 Å². The van der Waals surface area contributed by atoms with Crippen LogP contribution in [0.5, 0.6) is 0 Å². The molecule has 0 amide bonds. The minimum atomic E-state index is -0.835. The van der Waals surface area contributed by atoms with E-state index in [1.54, 1.807) is 4.68 Å². The molecule has 4 nitrogen and oxygen atoms in total. The number of aromatic nitrogens is 2. The molecule has 0 radical (unpaired) electrons.